The molecule has 4 aliphatic carbocycles. The second-order valence-corrected chi connectivity index (χ2v) is 21.3. The van der Waals surface area contributed by atoms with Gasteiger partial charge in [-0.3, -0.25) is 9.35 Å². The van der Waals surface area contributed by atoms with Gasteiger partial charge in [0.2, 0.25) is 0 Å². The van der Waals surface area contributed by atoms with Crippen LogP contribution in [0.3, 0.4) is 0 Å². The normalized spacial score (nSPS) is 51.2. The second-order valence-electron chi connectivity index (χ2n) is 20.2. The van der Waals surface area contributed by atoms with Crippen molar-refractivity contribution in [3.63, 3.8) is 0 Å². The second kappa shape index (κ2) is 15.1. The number of carbonyl (C=O) groups excluding carboxylic acids is 1. The van der Waals surface area contributed by atoms with Crippen LogP contribution in [0.15, 0.2) is 11.6 Å². The Bertz CT molecular complexity index is 1760. The van der Waals surface area contributed by atoms with Crippen molar-refractivity contribution in [2.24, 2.45) is 39.4 Å². The molecular formula is C41H66O17S. The zero-order valence-electron chi connectivity index (χ0n) is 35.3. The molecule has 0 aromatic rings. The molecule has 8 N–H and O–H groups in total. The number of carbonyl (C=O) groups is 1. The summed E-state index contributed by atoms with van der Waals surface area (Å²) in [7, 11) is -5.04. The molecule has 3 aliphatic heterocycles. The molecule has 3 heterocycles. The molecule has 18 heteroatoms. The summed E-state index contributed by atoms with van der Waals surface area (Å²) in [5.74, 6) is -0.811. The highest BCUT2D eigenvalue weighted by Gasteiger charge is 2.85. The number of hydrogen-bond donors (Lipinski definition) is 8. The fourth-order valence-corrected chi connectivity index (χ4v) is 13.6. The highest BCUT2D eigenvalue weighted by atomic mass is 32.3. The van der Waals surface area contributed by atoms with Gasteiger partial charge in [0.15, 0.2) is 12.6 Å². The number of hydrogen-bond acceptors (Lipinski definition) is 16. The summed E-state index contributed by atoms with van der Waals surface area (Å²) in [4.78, 5) is 14.3. The third-order valence-corrected chi connectivity index (χ3v) is 17.1. The fraction of sp³-hybridized carbons (Fsp3) is 0.927. The number of fused-ring (bicyclic) bond motifs is 4. The standard InChI is InChI=1S/C41H66O17S/c1-19(2)23(42)11-14-39(8)40(49)16-15-38(7)21-9-10-25-36(4,5)27(12-13-37(25,6)22(21)17-26(43)41(38,40)35(48)57-39)55-34-32(29(45)24(18-53-34)58-59(50,51)52)56-33-31(47)30(46)28(44)20(3)54-33/h17,19-21,23-34,42-47,49H,9-16,18H2,1-8H3,(H,50,51,52). The molecule has 7 aliphatic rings. The average Bonchev–Trinajstić information content (AvgIpc) is 3.51. The number of cyclic esters (lactones) is 1. The lowest BCUT2D eigenvalue weighted by Crippen LogP contribution is -2.68. The summed E-state index contributed by atoms with van der Waals surface area (Å²) in [6.45, 7) is 14.8. The first-order chi connectivity index (χ1) is 27.2. The van der Waals surface area contributed by atoms with Crippen molar-refractivity contribution in [2.75, 3.05) is 6.61 Å². The van der Waals surface area contributed by atoms with Gasteiger partial charge in [-0.05, 0) is 99.2 Å². The maximum Gasteiger partial charge on any atom is 0.397 e. The van der Waals surface area contributed by atoms with Crippen LogP contribution in [0.5, 0.6) is 0 Å². The largest absolute Gasteiger partial charge is 0.456 e. The first-order valence-corrected chi connectivity index (χ1v) is 22.6. The lowest BCUT2D eigenvalue weighted by molar-refractivity contribution is -0.362. The van der Waals surface area contributed by atoms with Crippen LogP contribution in [0, 0.1) is 39.4 Å². The summed E-state index contributed by atoms with van der Waals surface area (Å²) in [6, 6.07) is 0. The molecule has 0 aromatic carbocycles. The molecule has 0 amide bonds. The van der Waals surface area contributed by atoms with Crippen molar-refractivity contribution in [2.45, 2.75) is 192 Å². The van der Waals surface area contributed by atoms with Crippen LogP contribution >= 0.6 is 0 Å². The molecule has 338 valence electrons. The Morgan fingerprint density at radius 1 is 0.898 bits per heavy atom. The van der Waals surface area contributed by atoms with E-state index >= 15 is 0 Å². The van der Waals surface area contributed by atoms with Crippen molar-refractivity contribution in [3.8, 4) is 0 Å². The van der Waals surface area contributed by atoms with Gasteiger partial charge in [0.1, 0.15) is 53.2 Å². The first-order valence-electron chi connectivity index (χ1n) is 21.2. The quantitative estimate of drug-likeness (QED) is 0.0665. The number of aliphatic hydroxyl groups is 7. The Morgan fingerprint density at radius 2 is 1.58 bits per heavy atom. The van der Waals surface area contributed by atoms with Gasteiger partial charge in [-0.2, -0.15) is 8.42 Å². The number of aliphatic hydroxyl groups excluding tert-OH is 6. The summed E-state index contributed by atoms with van der Waals surface area (Å²) in [5.41, 5.74) is -5.46. The smallest absolute Gasteiger partial charge is 0.397 e. The van der Waals surface area contributed by atoms with E-state index in [2.05, 4.69) is 25.0 Å². The van der Waals surface area contributed by atoms with Gasteiger partial charge >= 0.3 is 16.4 Å². The van der Waals surface area contributed by atoms with E-state index in [-0.39, 0.29) is 30.6 Å². The van der Waals surface area contributed by atoms with Gasteiger partial charge in [0.25, 0.3) is 0 Å². The molecule has 3 saturated carbocycles. The van der Waals surface area contributed by atoms with E-state index in [9.17, 15) is 53.5 Å². The topological polar surface area (TPSA) is 268 Å². The molecule has 19 atom stereocenters. The minimum absolute atomic E-state index is 0.0176. The maximum absolute atomic E-state index is 14.3. The summed E-state index contributed by atoms with van der Waals surface area (Å²) < 4.78 is 67.7. The van der Waals surface area contributed by atoms with Crippen LogP contribution in [0.4, 0.5) is 0 Å². The highest BCUT2D eigenvalue weighted by Crippen LogP contribution is 2.77. The van der Waals surface area contributed by atoms with E-state index < -0.39 is 129 Å². The van der Waals surface area contributed by atoms with Gasteiger partial charge in [0, 0.05) is 0 Å². The van der Waals surface area contributed by atoms with Crippen molar-refractivity contribution in [1.82, 2.24) is 0 Å². The number of rotatable bonds is 10. The zero-order valence-corrected chi connectivity index (χ0v) is 36.1. The molecule has 0 bridgehead atoms. The minimum atomic E-state index is -5.04. The predicted octanol–water partition coefficient (Wildman–Crippen LogP) is 1.27. The SMILES string of the molecule is CC(C)C(O)CCC1(C)OC(=O)C23C(O)C=C4C(CCC5C4(C)CCC(OC4OCC(OS(=O)(=O)O)C(O)C4OC4OC(C)C(O)C(O)C4O)C5(C)C)C2(C)CCC13O. The predicted molar refractivity (Wildman–Crippen MR) is 205 cm³/mol. The number of allylic oxidation sites excluding steroid dienone is 1. The highest BCUT2D eigenvalue weighted by molar-refractivity contribution is 7.80. The van der Waals surface area contributed by atoms with E-state index in [1.54, 1.807) is 6.92 Å². The molecule has 59 heavy (non-hydrogen) atoms. The van der Waals surface area contributed by atoms with Gasteiger partial charge in [-0.15, -0.1) is 0 Å². The van der Waals surface area contributed by atoms with Crippen LogP contribution in [0.2, 0.25) is 0 Å². The third kappa shape index (κ3) is 6.72. The molecule has 6 fully saturated rings. The molecule has 1 spiro atoms. The number of ether oxygens (including phenoxy) is 5. The lowest BCUT2D eigenvalue weighted by atomic mass is 9.40. The molecular weight excluding hydrogens is 797 g/mol. The van der Waals surface area contributed by atoms with Crippen molar-refractivity contribution < 1.29 is 81.4 Å². The summed E-state index contributed by atoms with van der Waals surface area (Å²) in [5, 5.41) is 78.6. The Morgan fingerprint density at radius 3 is 2.22 bits per heavy atom. The third-order valence-electron chi connectivity index (χ3n) is 16.6. The van der Waals surface area contributed by atoms with E-state index in [1.165, 1.54) is 6.92 Å². The van der Waals surface area contributed by atoms with Crippen LogP contribution in [0.1, 0.15) is 107 Å². The van der Waals surface area contributed by atoms with Crippen LogP contribution in [-0.4, -0.2) is 146 Å². The average molecular weight is 863 g/mol. The summed E-state index contributed by atoms with van der Waals surface area (Å²) >= 11 is 0. The van der Waals surface area contributed by atoms with Gasteiger partial charge in [0.05, 0.1) is 31.0 Å². The van der Waals surface area contributed by atoms with E-state index in [0.29, 0.717) is 38.5 Å². The van der Waals surface area contributed by atoms with Crippen molar-refractivity contribution >= 4 is 16.4 Å². The first kappa shape index (κ1) is 45.7. The Hall–Kier alpha value is -1.36. The Balaban J connectivity index is 1.15. The zero-order chi connectivity index (χ0) is 43.6. The van der Waals surface area contributed by atoms with Crippen LogP contribution < -0.4 is 0 Å². The van der Waals surface area contributed by atoms with Crippen molar-refractivity contribution in [3.05, 3.63) is 11.6 Å². The lowest BCUT2D eigenvalue weighted by Gasteiger charge is -2.64. The fourth-order valence-electron chi connectivity index (χ4n) is 13.1. The Kier molecular flexibility index (Phi) is 11.7. The van der Waals surface area contributed by atoms with Crippen molar-refractivity contribution in [1.29, 1.82) is 0 Å². The monoisotopic (exact) mass is 862 g/mol. The van der Waals surface area contributed by atoms with E-state index in [0.717, 1.165) is 5.57 Å². The van der Waals surface area contributed by atoms with Gasteiger partial charge < -0.3 is 59.4 Å². The number of esters is 1. The molecule has 3 saturated heterocycles. The summed E-state index contributed by atoms with van der Waals surface area (Å²) in [6.07, 6.45) is -10.8. The molecule has 19 unspecified atom stereocenters. The van der Waals surface area contributed by atoms with Crippen LogP contribution in [0.25, 0.3) is 0 Å². The molecule has 0 radical (unpaired) electrons. The Labute approximate surface area is 346 Å². The molecule has 7 rings (SSSR count). The minimum Gasteiger partial charge on any atom is -0.456 e. The van der Waals surface area contributed by atoms with Crippen LogP contribution in [-0.2, 0) is 43.1 Å². The van der Waals surface area contributed by atoms with E-state index in [1.807, 2.05) is 26.8 Å². The molecule has 0 aromatic heterocycles. The van der Waals surface area contributed by atoms with Gasteiger partial charge in [-0.1, -0.05) is 53.2 Å². The van der Waals surface area contributed by atoms with Gasteiger partial charge in [-0.25, -0.2) is 4.18 Å². The maximum atomic E-state index is 14.3. The molecule has 17 nitrogen and oxygen atoms in total. The van der Waals surface area contributed by atoms with E-state index in [4.69, 9.17) is 23.7 Å².